The second-order valence-corrected chi connectivity index (χ2v) is 6.95. The average Bonchev–Trinajstić information content (AvgIpc) is 2.27. The Morgan fingerprint density at radius 2 is 1.05 bits per heavy atom. The van der Waals surface area contributed by atoms with E-state index in [9.17, 15) is 14.7 Å². The monoisotopic (exact) mass is 322 g/mol. The van der Waals surface area contributed by atoms with Crippen LogP contribution in [0.15, 0.2) is 0 Å². The smallest absolute Gasteiger partial charge is 0.305 e. The normalized spacial score (nSPS) is 13.5. The van der Waals surface area contributed by atoms with Crippen molar-refractivity contribution in [2.75, 3.05) is 0 Å². The van der Waals surface area contributed by atoms with Crippen molar-refractivity contribution in [1.29, 1.82) is 0 Å². The van der Waals surface area contributed by atoms with Crippen molar-refractivity contribution >= 4 is 11.9 Å². The summed E-state index contributed by atoms with van der Waals surface area (Å²) in [5, 5.41) is 34.3. The van der Waals surface area contributed by atoms with Crippen molar-refractivity contribution in [1.82, 2.24) is 0 Å². The molecule has 0 aliphatic heterocycles. The molecule has 6 nitrogen and oxygen atoms in total. The van der Waals surface area contributed by atoms with Crippen LogP contribution in [-0.4, -0.2) is 44.6 Å². The molecule has 0 amide bonds. The number of carboxylic acid groups (broad SMARTS) is 2. The Morgan fingerprint density at radius 1 is 0.818 bits per heavy atom. The average molecular weight is 322 g/mol. The molecule has 4 N–H and O–H groups in total. The molecule has 22 heavy (non-hydrogen) atoms. The predicted molar refractivity (Wildman–Crippen MR) is 86.7 cm³/mol. The summed E-state index contributed by atoms with van der Waals surface area (Å²) in [6.07, 6.45) is -0.356. The second-order valence-electron chi connectivity index (χ2n) is 6.95. The fraction of sp³-hybridized carbons (Fsp3) is 0.875. The number of carboxylic acids is 2. The van der Waals surface area contributed by atoms with Gasteiger partial charge in [-0.05, 0) is 18.8 Å². The molecule has 0 aromatic carbocycles. The van der Waals surface area contributed by atoms with Gasteiger partial charge < -0.3 is 20.4 Å². The zero-order chi connectivity index (χ0) is 18.7. The number of hydrogen-bond acceptors (Lipinski definition) is 4. The summed E-state index contributed by atoms with van der Waals surface area (Å²) in [6.45, 7) is 14.1. The Hall–Kier alpha value is -1.14. The van der Waals surface area contributed by atoms with Crippen LogP contribution in [0.3, 0.4) is 0 Å². The van der Waals surface area contributed by atoms with Gasteiger partial charge in [0.25, 0.3) is 0 Å². The molecule has 2 atom stereocenters. The molecule has 2 unspecified atom stereocenters. The van der Waals surface area contributed by atoms with Gasteiger partial charge >= 0.3 is 11.9 Å². The summed E-state index contributed by atoms with van der Waals surface area (Å²) in [4.78, 5) is 19.4. The summed E-state index contributed by atoms with van der Waals surface area (Å²) < 4.78 is 0. The molecule has 0 bridgehead atoms. The van der Waals surface area contributed by atoms with E-state index in [1.807, 2.05) is 20.8 Å². The zero-order valence-corrected chi connectivity index (χ0v) is 15.1. The van der Waals surface area contributed by atoms with Crippen LogP contribution in [0.25, 0.3) is 0 Å². The maximum absolute atomic E-state index is 9.70. The first-order chi connectivity index (χ1) is 9.62. The van der Waals surface area contributed by atoms with Crippen LogP contribution >= 0.6 is 0 Å². The first-order valence-corrected chi connectivity index (χ1v) is 7.44. The Kier molecular flexibility index (Phi) is 14.5. The van der Waals surface area contributed by atoms with E-state index in [4.69, 9.17) is 15.3 Å². The van der Waals surface area contributed by atoms with E-state index >= 15 is 0 Å². The number of aliphatic hydroxyl groups excluding tert-OH is 2. The van der Waals surface area contributed by atoms with E-state index in [1.54, 1.807) is 34.6 Å². The summed E-state index contributed by atoms with van der Waals surface area (Å²) in [5.41, 5.74) is -0.114. The van der Waals surface area contributed by atoms with E-state index in [0.717, 1.165) is 0 Å². The Labute approximate surface area is 134 Å². The fourth-order valence-electron chi connectivity index (χ4n) is 0.677. The minimum Gasteiger partial charge on any atom is -0.481 e. The van der Waals surface area contributed by atoms with Crippen molar-refractivity contribution in [2.24, 2.45) is 17.3 Å². The molecule has 134 valence electrons. The van der Waals surface area contributed by atoms with Gasteiger partial charge in [0.05, 0.1) is 24.0 Å². The third-order valence-corrected chi connectivity index (χ3v) is 2.55. The lowest BCUT2D eigenvalue weighted by molar-refractivity contribution is -0.141. The van der Waals surface area contributed by atoms with Gasteiger partial charge in [-0.1, -0.05) is 48.5 Å². The van der Waals surface area contributed by atoms with Crippen molar-refractivity contribution in [2.45, 2.75) is 74.0 Å². The summed E-state index contributed by atoms with van der Waals surface area (Å²) in [7, 11) is 0. The SMILES string of the molecule is CC(C)C(=O)O.CC(C)C(=O)O.CC(O)CC(O)C(C)(C)C. The van der Waals surface area contributed by atoms with E-state index in [1.165, 1.54) is 0 Å². The van der Waals surface area contributed by atoms with Gasteiger partial charge in [-0.2, -0.15) is 0 Å². The molecule has 0 aromatic heterocycles. The third kappa shape index (κ3) is 21.2. The van der Waals surface area contributed by atoms with Crippen molar-refractivity contribution in [3.63, 3.8) is 0 Å². The van der Waals surface area contributed by atoms with Crippen LogP contribution in [0.5, 0.6) is 0 Å². The molecular weight excluding hydrogens is 288 g/mol. The lowest BCUT2D eigenvalue weighted by Gasteiger charge is -2.26. The highest BCUT2D eigenvalue weighted by molar-refractivity contribution is 5.69. The van der Waals surface area contributed by atoms with Crippen LogP contribution < -0.4 is 0 Å². The quantitative estimate of drug-likeness (QED) is 0.632. The molecule has 0 saturated heterocycles. The molecule has 0 spiro atoms. The van der Waals surface area contributed by atoms with Gasteiger partial charge in [0.2, 0.25) is 0 Å². The van der Waals surface area contributed by atoms with Gasteiger partial charge in [0.1, 0.15) is 0 Å². The Bertz CT molecular complexity index is 284. The molecule has 0 radical (unpaired) electrons. The van der Waals surface area contributed by atoms with Crippen LogP contribution in [0.2, 0.25) is 0 Å². The summed E-state index contributed by atoms with van der Waals surface area (Å²) >= 11 is 0. The van der Waals surface area contributed by atoms with Crippen LogP contribution in [-0.2, 0) is 9.59 Å². The maximum Gasteiger partial charge on any atom is 0.305 e. The highest BCUT2D eigenvalue weighted by Crippen LogP contribution is 2.22. The molecule has 6 heteroatoms. The molecule has 0 saturated carbocycles. The first-order valence-electron chi connectivity index (χ1n) is 7.44. The van der Waals surface area contributed by atoms with Gasteiger partial charge in [-0.25, -0.2) is 0 Å². The highest BCUT2D eigenvalue weighted by atomic mass is 16.4. The summed E-state index contributed by atoms with van der Waals surface area (Å²) in [5.74, 6) is -1.94. The molecule has 0 aromatic rings. The maximum atomic E-state index is 9.70. The number of hydrogen-bond donors (Lipinski definition) is 4. The van der Waals surface area contributed by atoms with Crippen LogP contribution in [0.4, 0.5) is 0 Å². The molecule has 0 heterocycles. The number of aliphatic hydroxyl groups is 2. The lowest BCUT2D eigenvalue weighted by atomic mass is 9.86. The molecule has 0 fully saturated rings. The fourth-order valence-corrected chi connectivity index (χ4v) is 0.677. The topological polar surface area (TPSA) is 115 Å². The first kappa shape index (κ1) is 25.8. The highest BCUT2D eigenvalue weighted by Gasteiger charge is 2.22. The van der Waals surface area contributed by atoms with Crippen molar-refractivity contribution in [3.05, 3.63) is 0 Å². The Morgan fingerprint density at radius 3 is 1.09 bits per heavy atom. The van der Waals surface area contributed by atoms with E-state index in [2.05, 4.69) is 0 Å². The predicted octanol–water partition coefficient (Wildman–Crippen LogP) is 2.62. The van der Waals surface area contributed by atoms with Crippen LogP contribution in [0, 0.1) is 17.3 Å². The number of aliphatic carboxylic acids is 2. The number of rotatable bonds is 4. The van der Waals surface area contributed by atoms with Gasteiger partial charge in [-0.15, -0.1) is 0 Å². The summed E-state index contributed by atoms with van der Waals surface area (Å²) in [6, 6.07) is 0. The van der Waals surface area contributed by atoms with E-state index in [0.29, 0.717) is 6.42 Å². The minimum atomic E-state index is -0.741. The van der Waals surface area contributed by atoms with Crippen LogP contribution in [0.1, 0.15) is 61.8 Å². The molecular formula is C16H34O6. The largest absolute Gasteiger partial charge is 0.481 e. The van der Waals surface area contributed by atoms with Crippen molar-refractivity contribution in [3.8, 4) is 0 Å². The molecule has 0 aliphatic rings. The lowest BCUT2D eigenvalue weighted by Crippen LogP contribution is -2.29. The van der Waals surface area contributed by atoms with Gasteiger partial charge in [0, 0.05) is 0 Å². The Balaban J connectivity index is -0.000000261. The molecule has 0 rings (SSSR count). The molecule has 0 aliphatic carbocycles. The number of carbonyl (C=O) groups is 2. The van der Waals surface area contributed by atoms with Gasteiger partial charge in [0.15, 0.2) is 0 Å². The third-order valence-electron chi connectivity index (χ3n) is 2.55. The van der Waals surface area contributed by atoms with E-state index in [-0.39, 0.29) is 17.3 Å². The second kappa shape index (κ2) is 12.4. The van der Waals surface area contributed by atoms with E-state index < -0.39 is 24.1 Å². The standard InChI is InChI=1S/C8H18O2.2C4H8O2/c1-6(9)5-7(10)8(2,3)4;2*1-3(2)4(5)6/h6-7,9-10H,5H2,1-4H3;2*3H,1-2H3,(H,5,6). The zero-order valence-electron chi connectivity index (χ0n) is 15.1. The minimum absolute atomic E-state index is 0.114. The van der Waals surface area contributed by atoms with Crippen molar-refractivity contribution < 1.29 is 30.0 Å². The van der Waals surface area contributed by atoms with Gasteiger partial charge in [-0.3, -0.25) is 9.59 Å².